The van der Waals surface area contributed by atoms with E-state index in [4.69, 9.17) is 0 Å². The van der Waals surface area contributed by atoms with Gasteiger partial charge in [-0.15, -0.1) is 0 Å². The van der Waals surface area contributed by atoms with Gasteiger partial charge in [0, 0.05) is 6.54 Å². The first-order valence-corrected chi connectivity index (χ1v) is 7.63. The highest BCUT2D eigenvalue weighted by Gasteiger charge is 2.25. The quantitative estimate of drug-likeness (QED) is 0.875. The van der Waals surface area contributed by atoms with Crippen molar-refractivity contribution in [3.8, 4) is 0 Å². The molecule has 7 heteroatoms. The number of sulfonamides is 1. The summed E-state index contributed by atoms with van der Waals surface area (Å²) in [5, 5.41) is 9.72. The Morgan fingerprint density at radius 1 is 1.25 bits per heavy atom. The summed E-state index contributed by atoms with van der Waals surface area (Å²) in [5.74, 6) is -2.33. The minimum atomic E-state index is -4.33. The van der Waals surface area contributed by atoms with E-state index >= 15 is 0 Å². The van der Waals surface area contributed by atoms with E-state index in [1.807, 2.05) is 25.5 Å². The molecular formula is C13H19F2NO3S. The van der Waals surface area contributed by atoms with E-state index in [1.54, 1.807) is 0 Å². The van der Waals surface area contributed by atoms with Crippen LogP contribution in [-0.4, -0.2) is 26.2 Å². The van der Waals surface area contributed by atoms with Gasteiger partial charge < -0.3 is 5.11 Å². The molecule has 4 nitrogen and oxygen atoms in total. The summed E-state index contributed by atoms with van der Waals surface area (Å²) in [5.41, 5.74) is -0.186. The monoisotopic (exact) mass is 307 g/mol. The Labute approximate surface area is 117 Å². The van der Waals surface area contributed by atoms with Crippen LogP contribution in [0.4, 0.5) is 8.78 Å². The summed E-state index contributed by atoms with van der Waals surface area (Å²) < 4.78 is 52.5. The summed E-state index contributed by atoms with van der Waals surface area (Å²) in [4.78, 5) is -1.03. The van der Waals surface area contributed by atoms with Crippen LogP contribution in [0.15, 0.2) is 23.1 Å². The molecule has 0 radical (unpaired) electrons. The van der Waals surface area contributed by atoms with E-state index in [0.29, 0.717) is 6.42 Å². The van der Waals surface area contributed by atoms with Crippen molar-refractivity contribution >= 4 is 10.0 Å². The highest BCUT2D eigenvalue weighted by Crippen LogP contribution is 2.21. The number of rotatable bonds is 5. The van der Waals surface area contributed by atoms with Gasteiger partial charge in [-0.25, -0.2) is 21.9 Å². The van der Waals surface area contributed by atoms with Crippen LogP contribution in [0.3, 0.4) is 0 Å². The molecule has 2 N–H and O–H groups in total. The van der Waals surface area contributed by atoms with E-state index in [1.165, 1.54) is 0 Å². The first-order valence-electron chi connectivity index (χ1n) is 6.15. The summed E-state index contributed by atoms with van der Waals surface area (Å²) >= 11 is 0. The Balaban J connectivity index is 2.82. The molecule has 0 saturated carbocycles. The Kier molecular flexibility index (Phi) is 5.23. The predicted octanol–water partition coefficient (Wildman–Crippen LogP) is 2.04. The first-order chi connectivity index (χ1) is 9.03. The van der Waals surface area contributed by atoms with Crippen molar-refractivity contribution in [2.45, 2.75) is 38.2 Å². The lowest BCUT2D eigenvalue weighted by Gasteiger charge is -2.22. The molecule has 0 aliphatic rings. The number of hydrogen-bond acceptors (Lipinski definition) is 3. The summed E-state index contributed by atoms with van der Waals surface area (Å²) in [6.45, 7) is 5.37. The smallest absolute Gasteiger partial charge is 0.246 e. The number of halogens is 2. The summed E-state index contributed by atoms with van der Waals surface area (Å²) in [6, 6.07) is 2.81. The van der Waals surface area contributed by atoms with Crippen molar-refractivity contribution in [3.63, 3.8) is 0 Å². The van der Waals surface area contributed by atoms with Crippen LogP contribution >= 0.6 is 0 Å². The number of hydrogen-bond donors (Lipinski definition) is 2. The van der Waals surface area contributed by atoms with Crippen molar-refractivity contribution in [3.05, 3.63) is 29.8 Å². The molecule has 0 aromatic heterocycles. The third-order valence-corrected chi connectivity index (χ3v) is 4.02. The Hall–Kier alpha value is -1.05. The van der Waals surface area contributed by atoms with Crippen LogP contribution in [0.1, 0.15) is 27.2 Å². The van der Waals surface area contributed by atoms with Gasteiger partial charge >= 0.3 is 0 Å². The molecule has 114 valence electrons. The molecule has 1 unspecified atom stereocenters. The largest absolute Gasteiger partial charge is 0.392 e. The second kappa shape index (κ2) is 6.15. The van der Waals surface area contributed by atoms with E-state index in [-0.39, 0.29) is 12.0 Å². The van der Waals surface area contributed by atoms with Crippen molar-refractivity contribution in [2.75, 3.05) is 6.54 Å². The second-order valence-electron chi connectivity index (χ2n) is 5.82. The highest BCUT2D eigenvalue weighted by atomic mass is 32.2. The van der Waals surface area contributed by atoms with Crippen molar-refractivity contribution in [1.82, 2.24) is 4.72 Å². The molecule has 0 amide bonds. The van der Waals surface area contributed by atoms with Gasteiger partial charge in [0.05, 0.1) is 6.10 Å². The molecule has 1 aromatic carbocycles. The molecule has 0 saturated heterocycles. The summed E-state index contributed by atoms with van der Waals surface area (Å²) in [7, 11) is -4.33. The van der Waals surface area contributed by atoms with E-state index in [2.05, 4.69) is 0 Å². The first kappa shape index (κ1) is 17.0. The highest BCUT2D eigenvalue weighted by molar-refractivity contribution is 7.89. The minimum Gasteiger partial charge on any atom is -0.392 e. The normalized spacial score (nSPS) is 14.3. The van der Waals surface area contributed by atoms with Crippen LogP contribution in [-0.2, 0) is 10.0 Å². The number of nitrogens with one attached hydrogen (secondary N) is 1. The molecule has 20 heavy (non-hydrogen) atoms. The standard InChI is InChI=1S/C13H19F2NO3S/c1-13(2,3)7-9(17)8-16-20(18,19)12-10(14)5-4-6-11(12)15/h4-6,9,16-17H,7-8H2,1-3H3. The average Bonchev–Trinajstić information content (AvgIpc) is 2.23. The number of benzene rings is 1. The topological polar surface area (TPSA) is 66.4 Å². The molecule has 0 heterocycles. The van der Waals surface area contributed by atoms with Gasteiger partial charge in [0.2, 0.25) is 10.0 Å². The van der Waals surface area contributed by atoms with Gasteiger partial charge in [0.15, 0.2) is 4.90 Å². The van der Waals surface area contributed by atoms with Crippen molar-refractivity contribution < 1.29 is 22.3 Å². The minimum absolute atomic E-state index is 0.186. The van der Waals surface area contributed by atoms with Gasteiger partial charge in [0.1, 0.15) is 11.6 Å². The number of aliphatic hydroxyl groups excluding tert-OH is 1. The van der Waals surface area contributed by atoms with Crippen LogP contribution in [0.25, 0.3) is 0 Å². The van der Waals surface area contributed by atoms with Crippen LogP contribution in [0.2, 0.25) is 0 Å². The van der Waals surface area contributed by atoms with Crippen molar-refractivity contribution in [1.29, 1.82) is 0 Å². The maximum Gasteiger partial charge on any atom is 0.246 e. The van der Waals surface area contributed by atoms with Gasteiger partial charge in [-0.3, -0.25) is 0 Å². The fourth-order valence-corrected chi connectivity index (χ4v) is 3.00. The third-order valence-electron chi connectivity index (χ3n) is 2.54. The van der Waals surface area contributed by atoms with Gasteiger partial charge in [-0.1, -0.05) is 26.8 Å². The molecule has 1 aromatic rings. The third kappa shape index (κ3) is 4.81. The second-order valence-corrected chi connectivity index (χ2v) is 7.53. The Bertz CT molecular complexity index is 547. The molecule has 0 spiro atoms. The molecule has 1 rings (SSSR count). The molecule has 0 bridgehead atoms. The van der Waals surface area contributed by atoms with E-state index < -0.39 is 32.7 Å². The van der Waals surface area contributed by atoms with Crippen molar-refractivity contribution in [2.24, 2.45) is 5.41 Å². The fourth-order valence-electron chi connectivity index (χ4n) is 1.80. The van der Waals surface area contributed by atoms with Crippen LogP contribution < -0.4 is 4.72 Å². The van der Waals surface area contributed by atoms with Gasteiger partial charge in [-0.05, 0) is 24.0 Å². The zero-order valence-corrected chi connectivity index (χ0v) is 12.5. The van der Waals surface area contributed by atoms with Gasteiger partial charge in [-0.2, -0.15) is 0 Å². The van der Waals surface area contributed by atoms with E-state index in [0.717, 1.165) is 18.2 Å². The average molecular weight is 307 g/mol. The lowest BCUT2D eigenvalue weighted by molar-refractivity contribution is 0.125. The molecular weight excluding hydrogens is 288 g/mol. The Morgan fingerprint density at radius 2 is 1.75 bits per heavy atom. The Morgan fingerprint density at radius 3 is 2.20 bits per heavy atom. The zero-order valence-electron chi connectivity index (χ0n) is 11.7. The zero-order chi connectivity index (χ0) is 15.6. The molecule has 0 fully saturated rings. The molecule has 1 atom stereocenters. The SMILES string of the molecule is CC(C)(C)CC(O)CNS(=O)(=O)c1c(F)cccc1F. The van der Waals surface area contributed by atoms with Crippen LogP contribution in [0, 0.1) is 17.0 Å². The maximum absolute atomic E-state index is 13.4. The lowest BCUT2D eigenvalue weighted by Crippen LogP contribution is -2.35. The number of aliphatic hydroxyl groups is 1. The fraction of sp³-hybridized carbons (Fsp3) is 0.538. The summed E-state index contributed by atoms with van der Waals surface area (Å²) in [6.07, 6.45) is -0.574. The molecule has 0 aliphatic heterocycles. The predicted molar refractivity (Wildman–Crippen MR) is 71.6 cm³/mol. The lowest BCUT2D eigenvalue weighted by atomic mass is 9.89. The van der Waals surface area contributed by atoms with Gasteiger partial charge in [0.25, 0.3) is 0 Å². The molecule has 0 aliphatic carbocycles. The maximum atomic E-state index is 13.4. The van der Waals surface area contributed by atoms with Crippen LogP contribution in [0.5, 0.6) is 0 Å². The van der Waals surface area contributed by atoms with E-state index in [9.17, 15) is 22.3 Å².